The lowest BCUT2D eigenvalue weighted by atomic mass is 9.93. The van der Waals surface area contributed by atoms with Gasteiger partial charge in [0.25, 0.3) is 0 Å². The highest BCUT2D eigenvalue weighted by Crippen LogP contribution is 2.26. The van der Waals surface area contributed by atoms with Crippen LogP contribution in [0, 0.1) is 0 Å². The molecule has 19 heavy (non-hydrogen) atoms. The Morgan fingerprint density at radius 3 is 2.32 bits per heavy atom. The molecule has 0 radical (unpaired) electrons. The van der Waals surface area contributed by atoms with Crippen LogP contribution in [0.1, 0.15) is 33.4 Å². The number of nitrogens with zero attached hydrogens (tertiary/aromatic N) is 2. The summed E-state index contributed by atoms with van der Waals surface area (Å²) in [6.07, 6.45) is 0. The molecule has 0 amide bonds. The van der Waals surface area contributed by atoms with Crippen molar-refractivity contribution in [3.8, 4) is 11.4 Å². The van der Waals surface area contributed by atoms with Gasteiger partial charge in [0.1, 0.15) is 10.9 Å². The van der Waals surface area contributed by atoms with E-state index >= 15 is 0 Å². The lowest BCUT2D eigenvalue weighted by Gasteiger charge is -2.14. The lowest BCUT2D eigenvalue weighted by Crippen LogP contribution is -2.12. The average molecular weight is 279 g/mol. The van der Waals surface area contributed by atoms with Crippen LogP contribution in [0.5, 0.6) is 5.75 Å². The van der Waals surface area contributed by atoms with Gasteiger partial charge in [-0.1, -0.05) is 32.4 Å². The zero-order valence-corrected chi connectivity index (χ0v) is 12.5. The van der Waals surface area contributed by atoms with Crippen LogP contribution in [-0.2, 0) is 5.41 Å². The summed E-state index contributed by atoms with van der Waals surface area (Å²) < 4.78 is 7.17. The Balaban J connectivity index is 2.34. The number of ether oxygens (including phenoxy) is 1. The summed E-state index contributed by atoms with van der Waals surface area (Å²) in [6, 6.07) is 9.67. The van der Waals surface area contributed by atoms with Crippen molar-refractivity contribution in [2.45, 2.75) is 33.1 Å². The summed E-state index contributed by atoms with van der Waals surface area (Å²) >= 11 is 6.26. The normalized spacial score (nSPS) is 11.6. The summed E-state index contributed by atoms with van der Waals surface area (Å²) in [5.74, 6) is 0.852. The number of aromatic nitrogens is 2. The topological polar surface area (TPSA) is 27.1 Å². The van der Waals surface area contributed by atoms with Crippen molar-refractivity contribution in [2.24, 2.45) is 0 Å². The molecule has 0 spiro atoms. The second-order valence-electron chi connectivity index (χ2n) is 5.44. The second-order valence-corrected chi connectivity index (χ2v) is 5.83. The predicted octanol–water partition coefficient (Wildman–Crippen LogP) is 4.22. The molecule has 1 heterocycles. The van der Waals surface area contributed by atoms with Crippen molar-refractivity contribution in [1.82, 2.24) is 9.78 Å². The van der Waals surface area contributed by atoms with Crippen LogP contribution in [-0.4, -0.2) is 16.4 Å². The fourth-order valence-electron chi connectivity index (χ4n) is 1.76. The van der Waals surface area contributed by atoms with Crippen LogP contribution in [0.4, 0.5) is 0 Å². The molecule has 0 saturated heterocycles. The molecule has 0 atom stereocenters. The molecule has 4 heteroatoms. The predicted molar refractivity (Wildman–Crippen MR) is 78.4 cm³/mol. The molecule has 1 aromatic carbocycles. The van der Waals surface area contributed by atoms with E-state index in [1.807, 2.05) is 37.3 Å². The molecule has 0 aliphatic carbocycles. The molecule has 102 valence electrons. The highest BCUT2D eigenvalue weighted by atomic mass is 35.5. The van der Waals surface area contributed by atoms with Crippen LogP contribution >= 0.6 is 11.6 Å². The molecule has 0 saturated carbocycles. The fourth-order valence-corrected chi connectivity index (χ4v) is 1.99. The summed E-state index contributed by atoms with van der Waals surface area (Å²) in [4.78, 5) is 0. The summed E-state index contributed by atoms with van der Waals surface area (Å²) in [6.45, 7) is 8.99. The van der Waals surface area contributed by atoms with E-state index in [9.17, 15) is 0 Å². The van der Waals surface area contributed by atoms with Crippen molar-refractivity contribution in [3.05, 3.63) is 41.2 Å². The van der Waals surface area contributed by atoms with E-state index in [4.69, 9.17) is 16.3 Å². The molecule has 2 rings (SSSR count). The fraction of sp³-hybridized carbons (Fsp3) is 0.400. The Hall–Kier alpha value is -1.48. The first-order valence-corrected chi connectivity index (χ1v) is 6.79. The van der Waals surface area contributed by atoms with Gasteiger partial charge in [-0.2, -0.15) is 5.10 Å². The molecule has 0 bridgehead atoms. The molecular formula is C15H19ClN2O. The molecule has 3 nitrogen and oxygen atoms in total. The number of halogens is 1. The summed E-state index contributed by atoms with van der Waals surface area (Å²) in [5, 5.41) is 5.19. The maximum Gasteiger partial charge on any atom is 0.133 e. The largest absolute Gasteiger partial charge is 0.494 e. The van der Waals surface area contributed by atoms with Crippen LogP contribution in [0.2, 0.25) is 5.15 Å². The van der Waals surface area contributed by atoms with E-state index in [1.54, 1.807) is 4.68 Å². The smallest absolute Gasteiger partial charge is 0.133 e. The molecule has 2 aromatic rings. The maximum absolute atomic E-state index is 6.26. The molecule has 0 aliphatic rings. The highest BCUT2D eigenvalue weighted by molar-refractivity contribution is 6.29. The van der Waals surface area contributed by atoms with Crippen LogP contribution in [0.3, 0.4) is 0 Å². The SMILES string of the molecule is CCOc1ccc(-n2nc(C(C)(C)C)cc2Cl)cc1. The summed E-state index contributed by atoms with van der Waals surface area (Å²) in [5.41, 5.74) is 1.90. The van der Waals surface area contributed by atoms with Gasteiger partial charge in [-0.3, -0.25) is 0 Å². The van der Waals surface area contributed by atoms with E-state index < -0.39 is 0 Å². The van der Waals surface area contributed by atoms with Gasteiger partial charge in [-0.15, -0.1) is 0 Å². The molecular weight excluding hydrogens is 260 g/mol. The van der Waals surface area contributed by atoms with E-state index in [1.165, 1.54) is 0 Å². The van der Waals surface area contributed by atoms with Gasteiger partial charge >= 0.3 is 0 Å². The standard InChI is InChI=1S/C15H19ClN2O/c1-5-19-12-8-6-11(7-9-12)18-14(16)10-13(17-18)15(2,3)4/h6-10H,5H2,1-4H3. The third-order valence-electron chi connectivity index (χ3n) is 2.83. The van der Waals surface area contributed by atoms with Crippen LogP contribution < -0.4 is 4.74 Å². The van der Waals surface area contributed by atoms with Gasteiger partial charge < -0.3 is 4.74 Å². The number of hydrogen-bond donors (Lipinski definition) is 0. The van der Waals surface area contributed by atoms with Crippen molar-refractivity contribution in [1.29, 1.82) is 0 Å². The van der Waals surface area contributed by atoms with Gasteiger partial charge in [0.15, 0.2) is 0 Å². The monoisotopic (exact) mass is 278 g/mol. The average Bonchev–Trinajstić information content (AvgIpc) is 2.73. The number of rotatable bonds is 3. The van der Waals surface area contributed by atoms with Gasteiger partial charge in [0.2, 0.25) is 0 Å². The third-order valence-corrected chi connectivity index (χ3v) is 3.10. The molecule has 0 N–H and O–H groups in total. The van der Waals surface area contributed by atoms with E-state index in [2.05, 4.69) is 25.9 Å². The van der Waals surface area contributed by atoms with E-state index in [0.717, 1.165) is 17.1 Å². The Morgan fingerprint density at radius 2 is 1.84 bits per heavy atom. The quantitative estimate of drug-likeness (QED) is 0.840. The Labute approximate surface area is 119 Å². The third kappa shape index (κ3) is 3.10. The zero-order chi connectivity index (χ0) is 14.0. The van der Waals surface area contributed by atoms with Gasteiger partial charge in [-0.25, -0.2) is 4.68 Å². The van der Waals surface area contributed by atoms with Crippen molar-refractivity contribution in [2.75, 3.05) is 6.61 Å². The first kappa shape index (κ1) is 13.9. The van der Waals surface area contributed by atoms with Crippen molar-refractivity contribution < 1.29 is 4.74 Å². The highest BCUT2D eigenvalue weighted by Gasteiger charge is 2.19. The number of benzene rings is 1. The Kier molecular flexibility index (Phi) is 3.85. The van der Waals surface area contributed by atoms with Crippen LogP contribution in [0.15, 0.2) is 30.3 Å². The maximum atomic E-state index is 6.26. The summed E-state index contributed by atoms with van der Waals surface area (Å²) in [7, 11) is 0. The van der Waals surface area contributed by atoms with Crippen LogP contribution in [0.25, 0.3) is 5.69 Å². The second kappa shape index (κ2) is 5.25. The minimum absolute atomic E-state index is 0.0137. The van der Waals surface area contributed by atoms with Gasteiger partial charge in [0, 0.05) is 5.41 Å². The molecule has 0 fully saturated rings. The molecule has 0 aliphatic heterocycles. The Morgan fingerprint density at radius 1 is 1.21 bits per heavy atom. The molecule has 1 aromatic heterocycles. The van der Waals surface area contributed by atoms with E-state index in [0.29, 0.717) is 11.8 Å². The lowest BCUT2D eigenvalue weighted by molar-refractivity contribution is 0.340. The minimum atomic E-state index is -0.0137. The van der Waals surface area contributed by atoms with E-state index in [-0.39, 0.29) is 5.41 Å². The first-order chi connectivity index (χ1) is 8.91. The zero-order valence-electron chi connectivity index (χ0n) is 11.8. The van der Waals surface area contributed by atoms with Crippen molar-refractivity contribution in [3.63, 3.8) is 0 Å². The Bertz CT molecular complexity index is 553. The number of hydrogen-bond acceptors (Lipinski definition) is 2. The molecule has 0 unspecified atom stereocenters. The van der Waals surface area contributed by atoms with Gasteiger partial charge in [-0.05, 0) is 37.3 Å². The van der Waals surface area contributed by atoms with Gasteiger partial charge in [0.05, 0.1) is 18.0 Å². The van der Waals surface area contributed by atoms with Crippen molar-refractivity contribution >= 4 is 11.6 Å². The first-order valence-electron chi connectivity index (χ1n) is 6.41. The minimum Gasteiger partial charge on any atom is -0.494 e.